The Morgan fingerprint density at radius 1 is 1.64 bits per heavy atom. The molecule has 0 saturated carbocycles. The highest BCUT2D eigenvalue weighted by Gasteiger charge is 2.08. The highest BCUT2D eigenvalue weighted by molar-refractivity contribution is 6.31. The largest absolute Gasteiger partial charge is 0.323 e. The van der Waals surface area contributed by atoms with Crippen molar-refractivity contribution in [1.82, 2.24) is 0 Å². The van der Waals surface area contributed by atoms with Gasteiger partial charge in [0.05, 0.1) is 16.8 Å². The molecule has 0 aromatic heterocycles. The van der Waals surface area contributed by atoms with Crippen LogP contribution in [0, 0.1) is 17.1 Å². The second kappa shape index (κ2) is 4.58. The number of nitrogens with one attached hydrogen (secondary N) is 1. The molecule has 0 aliphatic rings. The van der Waals surface area contributed by atoms with Crippen LogP contribution in [0.5, 0.6) is 0 Å². The summed E-state index contributed by atoms with van der Waals surface area (Å²) in [6.07, 6.45) is -0.314. The molecule has 3 nitrogen and oxygen atoms in total. The quantitative estimate of drug-likeness (QED) is 0.818. The Morgan fingerprint density at radius 2 is 2.36 bits per heavy atom. The number of benzene rings is 1. The van der Waals surface area contributed by atoms with E-state index in [0.29, 0.717) is 0 Å². The highest BCUT2D eigenvalue weighted by Crippen LogP contribution is 2.21. The van der Waals surface area contributed by atoms with Gasteiger partial charge in [-0.15, -0.1) is 0 Å². The molecule has 1 rings (SSSR count). The fourth-order valence-electron chi connectivity index (χ4n) is 0.867. The predicted molar refractivity (Wildman–Crippen MR) is 50.3 cm³/mol. The summed E-state index contributed by atoms with van der Waals surface area (Å²) in [7, 11) is 0. The van der Waals surface area contributed by atoms with Crippen LogP contribution in [0.3, 0.4) is 0 Å². The number of hydrogen-bond donors (Lipinski definition) is 1. The molecule has 5 heteroatoms. The summed E-state index contributed by atoms with van der Waals surface area (Å²) in [6.45, 7) is 0. The van der Waals surface area contributed by atoms with Crippen LogP contribution in [0.15, 0.2) is 18.2 Å². The molecule has 0 aliphatic heterocycles. The number of carbonyl (C=O) groups excluding carboxylic acids is 1. The molecule has 0 heterocycles. The van der Waals surface area contributed by atoms with E-state index in [1.165, 1.54) is 18.2 Å². The first-order chi connectivity index (χ1) is 6.65. The Balaban J connectivity index is 2.83. The molecule has 14 heavy (non-hydrogen) atoms. The maximum atomic E-state index is 13.2. The second-order valence-corrected chi connectivity index (χ2v) is 2.89. The van der Waals surface area contributed by atoms with Gasteiger partial charge in [0.1, 0.15) is 6.42 Å². The molecule has 0 atom stereocenters. The van der Waals surface area contributed by atoms with Crippen molar-refractivity contribution in [2.45, 2.75) is 6.42 Å². The van der Waals surface area contributed by atoms with E-state index in [1.807, 2.05) is 0 Å². The molecule has 0 radical (unpaired) electrons. The van der Waals surface area contributed by atoms with Gasteiger partial charge in [0.2, 0.25) is 5.91 Å². The third kappa shape index (κ3) is 2.44. The van der Waals surface area contributed by atoms with Crippen LogP contribution in [0.2, 0.25) is 5.02 Å². The first-order valence-corrected chi connectivity index (χ1v) is 4.13. The fraction of sp³-hybridized carbons (Fsp3) is 0.111. The summed E-state index contributed by atoms with van der Waals surface area (Å²) in [4.78, 5) is 10.9. The van der Waals surface area contributed by atoms with E-state index in [4.69, 9.17) is 16.9 Å². The van der Waals surface area contributed by atoms with Crippen LogP contribution in [0.4, 0.5) is 10.1 Å². The van der Waals surface area contributed by atoms with Crippen LogP contribution >= 0.6 is 11.6 Å². The van der Waals surface area contributed by atoms with Crippen LogP contribution in [0.25, 0.3) is 0 Å². The summed E-state index contributed by atoms with van der Waals surface area (Å²) in [6, 6.07) is 5.91. The van der Waals surface area contributed by atoms with Crippen LogP contribution < -0.4 is 5.32 Å². The summed E-state index contributed by atoms with van der Waals surface area (Å²) < 4.78 is 13.2. The Bertz CT molecular complexity index is 400. The van der Waals surface area contributed by atoms with Crippen LogP contribution in [-0.4, -0.2) is 5.91 Å². The van der Waals surface area contributed by atoms with Gasteiger partial charge in [-0.25, -0.2) is 4.39 Å². The minimum absolute atomic E-state index is 0.0160. The standard InChI is InChI=1S/C9H6ClFN2O/c10-6-2-1-3-7(9(6)11)13-8(14)4-5-12/h1-3H,4H2,(H,13,14). The summed E-state index contributed by atoms with van der Waals surface area (Å²) in [5.74, 6) is -1.26. The van der Waals surface area contributed by atoms with Gasteiger partial charge in [-0.2, -0.15) is 5.26 Å². The third-order valence-electron chi connectivity index (χ3n) is 1.47. The SMILES string of the molecule is N#CCC(=O)Nc1cccc(Cl)c1F. The van der Waals surface area contributed by atoms with Gasteiger partial charge in [0, 0.05) is 0 Å². The normalized spacial score (nSPS) is 9.21. The Morgan fingerprint density at radius 3 is 3.00 bits per heavy atom. The van der Waals surface area contributed by atoms with Crippen molar-refractivity contribution < 1.29 is 9.18 Å². The maximum Gasteiger partial charge on any atom is 0.238 e. The van der Waals surface area contributed by atoms with Crippen molar-refractivity contribution in [3.05, 3.63) is 29.0 Å². The molecular formula is C9H6ClFN2O. The second-order valence-electron chi connectivity index (χ2n) is 2.48. The number of nitrogens with zero attached hydrogens (tertiary/aromatic N) is 1. The van der Waals surface area contributed by atoms with Crippen molar-refractivity contribution in [3.63, 3.8) is 0 Å². The lowest BCUT2D eigenvalue weighted by atomic mass is 10.3. The average molecular weight is 213 g/mol. The maximum absolute atomic E-state index is 13.2. The number of rotatable bonds is 2. The van der Waals surface area contributed by atoms with E-state index in [2.05, 4.69) is 5.32 Å². The fourth-order valence-corrected chi connectivity index (χ4v) is 1.04. The minimum atomic E-state index is -0.694. The van der Waals surface area contributed by atoms with Crippen LogP contribution in [0.1, 0.15) is 6.42 Å². The Kier molecular flexibility index (Phi) is 3.43. The molecule has 1 aromatic rings. The van der Waals surface area contributed by atoms with E-state index < -0.39 is 11.7 Å². The van der Waals surface area contributed by atoms with Crippen molar-refractivity contribution in [3.8, 4) is 6.07 Å². The van der Waals surface area contributed by atoms with Gasteiger partial charge in [-0.3, -0.25) is 4.79 Å². The van der Waals surface area contributed by atoms with Crippen molar-refractivity contribution >= 4 is 23.2 Å². The number of carbonyl (C=O) groups is 1. The third-order valence-corrected chi connectivity index (χ3v) is 1.76. The molecule has 1 N–H and O–H groups in total. The molecular weight excluding hydrogens is 207 g/mol. The Hall–Kier alpha value is -1.60. The number of anilines is 1. The van der Waals surface area contributed by atoms with E-state index in [1.54, 1.807) is 6.07 Å². The van der Waals surface area contributed by atoms with Gasteiger partial charge < -0.3 is 5.32 Å². The molecule has 1 amide bonds. The van der Waals surface area contributed by atoms with Gasteiger partial charge in [0.25, 0.3) is 0 Å². The number of halogens is 2. The molecule has 1 aromatic carbocycles. The lowest BCUT2D eigenvalue weighted by Gasteiger charge is -2.04. The molecule has 0 spiro atoms. The first kappa shape index (κ1) is 10.5. The van der Waals surface area contributed by atoms with Gasteiger partial charge in [-0.1, -0.05) is 17.7 Å². The van der Waals surface area contributed by atoms with Crippen molar-refractivity contribution in [2.24, 2.45) is 0 Å². The minimum Gasteiger partial charge on any atom is -0.323 e. The lowest BCUT2D eigenvalue weighted by molar-refractivity contribution is -0.115. The lowest BCUT2D eigenvalue weighted by Crippen LogP contribution is -2.11. The first-order valence-electron chi connectivity index (χ1n) is 3.76. The summed E-state index contributed by atoms with van der Waals surface area (Å²) >= 11 is 5.48. The van der Waals surface area contributed by atoms with E-state index in [9.17, 15) is 9.18 Å². The molecule has 0 fully saturated rings. The average Bonchev–Trinajstić information content (AvgIpc) is 2.13. The topological polar surface area (TPSA) is 52.9 Å². The number of hydrogen-bond acceptors (Lipinski definition) is 2. The van der Waals surface area contributed by atoms with E-state index in [0.717, 1.165) is 0 Å². The number of amides is 1. The van der Waals surface area contributed by atoms with E-state index in [-0.39, 0.29) is 17.1 Å². The summed E-state index contributed by atoms with van der Waals surface area (Å²) in [5, 5.41) is 10.4. The van der Waals surface area contributed by atoms with Crippen molar-refractivity contribution in [1.29, 1.82) is 5.26 Å². The van der Waals surface area contributed by atoms with E-state index >= 15 is 0 Å². The number of nitriles is 1. The molecule has 0 bridgehead atoms. The predicted octanol–water partition coefficient (Wildman–Crippen LogP) is 2.33. The zero-order chi connectivity index (χ0) is 10.6. The zero-order valence-electron chi connectivity index (χ0n) is 7.05. The van der Waals surface area contributed by atoms with Gasteiger partial charge >= 0.3 is 0 Å². The van der Waals surface area contributed by atoms with Gasteiger partial charge in [0.15, 0.2) is 5.82 Å². The zero-order valence-corrected chi connectivity index (χ0v) is 7.81. The molecule has 72 valence electrons. The smallest absolute Gasteiger partial charge is 0.238 e. The molecule has 0 saturated heterocycles. The molecule has 0 aliphatic carbocycles. The summed E-state index contributed by atoms with van der Waals surface area (Å²) in [5.41, 5.74) is -0.0160. The molecule has 0 unspecified atom stereocenters. The highest BCUT2D eigenvalue weighted by atomic mass is 35.5. The monoisotopic (exact) mass is 212 g/mol. The Labute approximate surface area is 85.1 Å². The van der Waals surface area contributed by atoms with Crippen molar-refractivity contribution in [2.75, 3.05) is 5.32 Å². The van der Waals surface area contributed by atoms with Gasteiger partial charge in [-0.05, 0) is 12.1 Å². The van der Waals surface area contributed by atoms with Crippen LogP contribution in [-0.2, 0) is 4.79 Å².